The van der Waals surface area contributed by atoms with Crippen LogP contribution in [0.3, 0.4) is 0 Å². The third kappa shape index (κ3) is 3.64. The zero-order chi connectivity index (χ0) is 12.8. The first-order chi connectivity index (χ1) is 8.75. The highest BCUT2D eigenvalue weighted by atomic mass is 32.2. The van der Waals surface area contributed by atoms with Crippen molar-refractivity contribution >= 4 is 17.7 Å². The Bertz CT molecular complexity index is 506. The number of rotatable bonds is 5. The van der Waals surface area contributed by atoms with Gasteiger partial charge >= 0.3 is 5.97 Å². The molecule has 0 amide bonds. The summed E-state index contributed by atoms with van der Waals surface area (Å²) in [5.74, 6) is -0.136. The lowest BCUT2D eigenvalue weighted by atomic mass is 10.1. The van der Waals surface area contributed by atoms with E-state index < -0.39 is 5.97 Å². The van der Waals surface area contributed by atoms with Crippen molar-refractivity contribution < 1.29 is 9.90 Å². The normalized spacial score (nSPS) is 10.2. The van der Waals surface area contributed by atoms with Gasteiger partial charge in [0.2, 0.25) is 0 Å². The number of carbonyl (C=O) groups is 1. The van der Waals surface area contributed by atoms with Gasteiger partial charge in [-0.25, -0.2) is 0 Å². The fraction of sp³-hybridized carbons (Fsp3) is 0.133. The Balaban J connectivity index is 2.00. The van der Waals surface area contributed by atoms with E-state index in [4.69, 9.17) is 5.11 Å². The smallest absolute Gasteiger partial charge is 0.304 e. The Kier molecular flexibility index (Phi) is 4.42. The van der Waals surface area contributed by atoms with Crippen LogP contribution in [-0.2, 0) is 4.79 Å². The summed E-state index contributed by atoms with van der Waals surface area (Å²) in [5, 5.41) is 8.57. The van der Waals surface area contributed by atoms with Crippen molar-refractivity contribution in [3.63, 3.8) is 0 Å². The average molecular weight is 258 g/mol. The molecule has 0 aliphatic heterocycles. The quantitative estimate of drug-likeness (QED) is 0.826. The first kappa shape index (κ1) is 12.7. The topological polar surface area (TPSA) is 37.3 Å². The van der Waals surface area contributed by atoms with Crippen molar-refractivity contribution in [2.45, 2.75) is 11.3 Å². The molecule has 0 atom stereocenters. The van der Waals surface area contributed by atoms with Gasteiger partial charge in [0, 0.05) is 10.6 Å². The van der Waals surface area contributed by atoms with Gasteiger partial charge in [-0.3, -0.25) is 4.79 Å². The van der Waals surface area contributed by atoms with Gasteiger partial charge in [-0.05, 0) is 23.3 Å². The molecule has 2 aromatic carbocycles. The molecule has 0 radical (unpaired) electrons. The Morgan fingerprint density at radius 2 is 1.56 bits per heavy atom. The summed E-state index contributed by atoms with van der Waals surface area (Å²) in [7, 11) is 0. The van der Waals surface area contributed by atoms with Gasteiger partial charge in [-0.15, -0.1) is 11.8 Å². The second-order valence-corrected chi connectivity index (χ2v) is 5.05. The molecule has 0 heterocycles. The molecule has 2 rings (SSSR count). The molecule has 0 aliphatic rings. The zero-order valence-electron chi connectivity index (χ0n) is 9.87. The van der Waals surface area contributed by atoms with Gasteiger partial charge in [0.05, 0.1) is 6.42 Å². The number of carboxylic acids is 1. The predicted octanol–water partition coefficient (Wildman–Crippen LogP) is 3.92. The van der Waals surface area contributed by atoms with E-state index in [1.54, 1.807) is 11.8 Å². The summed E-state index contributed by atoms with van der Waals surface area (Å²) in [6, 6.07) is 18.4. The molecule has 0 unspecified atom stereocenters. The Hall–Kier alpha value is -1.74. The molecule has 0 spiro atoms. The molecule has 18 heavy (non-hydrogen) atoms. The van der Waals surface area contributed by atoms with Crippen LogP contribution in [0.2, 0.25) is 0 Å². The van der Waals surface area contributed by atoms with E-state index in [2.05, 4.69) is 24.3 Å². The third-order valence-electron chi connectivity index (χ3n) is 2.55. The largest absolute Gasteiger partial charge is 0.481 e. The Morgan fingerprint density at radius 1 is 0.944 bits per heavy atom. The molecule has 2 aromatic rings. The molecule has 0 fully saturated rings. The second kappa shape index (κ2) is 6.26. The summed E-state index contributed by atoms with van der Waals surface area (Å²) in [4.78, 5) is 11.5. The molecule has 0 saturated carbocycles. The van der Waals surface area contributed by atoms with Crippen LogP contribution < -0.4 is 0 Å². The first-order valence-electron chi connectivity index (χ1n) is 5.76. The maximum absolute atomic E-state index is 10.4. The van der Waals surface area contributed by atoms with Crippen molar-refractivity contribution in [2.75, 3.05) is 5.75 Å². The fourth-order valence-electron chi connectivity index (χ4n) is 1.63. The van der Waals surface area contributed by atoms with Crippen LogP contribution in [0.25, 0.3) is 11.1 Å². The fourth-order valence-corrected chi connectivity index (χ4v) is 2.47. The van der Waals surface area contributed by atoms with Gasteiger partial charge < -0.3 is 5.11 Å². The lowest BCUT2D eigenvalue weighted by molar-refractivity contribution is -0.136. The van der Waals surface area contributed by atoms with E-state index in [-0.39, 0.29) is 6.42 Å². The minimum Gasteiger partial charge on any atom is -0.481 e. The van der Waals surface area contributed by atoms with Crippen LogP contribution in [0.15, 0.2) is 59.5 Å². The van der Waals surface area contributed by atoms with Gasteiger partial charge in [0.15, 0.2) is 0 Å². The number of carboxylic acid groups (broad SMARTS) is 1. The number of hydrogen-bond acceptors (Lipinski definition) is 2. The molecule has 1 N–H and O–H groups in total. The van der Waals surface area contributed by atoms with Gasteiger partial charge in [0.1, 0.15) is 0 Å². The summed E-state index contributed by atoms with van der Waals surface area (Å²) in [6.45, 7) is 0. The van der Waals surface area contributed by atoms with E-state index >= 15 is 0 Å². The highest BCUT2D eigenvalue weighted by Gasteiger charge is 2.00. The number of hydrogen-bond donors (Lipinski definition) is 1. The molecular weight excluding hydrogens is 244 g/mol. The monoisotopic (exact) mass is 258 g/mol. The standard InChI is InChI=1S/C15H14O2S/c16-15(17)10-11-18-14-8-6-13(7-9-14)12-4-2-1-3-5-12/h1-9H,10-11H2,(H,16,17). The van der Waals surface area contributed by atoms with Crippen molar-refractivity contribution in [1.29, 1.82) is 0 Å². The maximum atomic E-state index is 10.4. The van der Waals surface area contributed by atoms with Crippen LogP contribution in [0, 0.1) is 0 Å². The van der Waals surface area contributed by atoms with Crippen molar-refractivity contribution in [3.8, 4) is 11.1 Å². The highest BCUT2D eigenvalue weighted by molar-refractivity contribution is 7.99. The summed E-state index contributed by atoms with van der Waals surface area (Å²) in [5.41, 5.74) is 2.37. The number of thioether (sulfide) groups is 1. The predicted molar refractivity (Wildman–Crippen MR) is 74.9 cm³/mol. The van der Waals surface area contributed by atoms with Gasteiger partial charge in [-0.2, -0.15) is 0 Å². The van der Waals surface area contributed by atoms with Gasteiger partial charge in [-0.1, -0.05) is 42.5 Å². The molecule has 0 aliphatic carbocycles. The SMILES string of the molecule is O=C(O)CCSc1ccc(-c2ccccc2)cc1. The van der Waals surface area contributed by atoms with E-state index in [1.165, 1.54) is 11.1 Å². The van der Waals surface area contributed by atoms with Crippen LogP contribution in [-0.4, -0.2) is 16.8 Å². The lowest BCUT2D eigenvalue weighted by Crippen LogP contribution is -1.95. The summed E-state index contributed by atoms with van der Waals surface area (Å²) >= 11 is 1.57. The summed E-state index contributed by atoms with van der Waals surface area (Å²) < 4.78 is 0. The van der Waals surface area contributed by atoms with Crippen molar-refractivity contribution in [2.24, 2.45) is 0 Å². The van der Waals surface area contributed by atoms with Crippen LogP contribution in [0.4, 0.5) is 0 Å². The van der Waals surface area contributed by atoms with Crippen molar-refractivity contribution in [1.82, 2.24) is 0 Å². The molecule has 0 saturated heterocycles. The molecule has 3 heteroatoms. The van der Waals surface area contributed by atoms with Crippen LogP contribution in [0.1, 0.15) is 6.42 Å². The molecule has 0 bridgehead atoms. The Morgan fingerprint density at radius 3 is 2.17 bits per heavy atom. The van der Waals surface area contributed by atoms with E-state index in [0.29, 0.717) is 5.75 Å². The van der Waals surface area contributed by atoms with Gasteiger partial charge in [0.25, 0.3) is 0 Å². The minimum absolute atomic E-state index is 0.200. The average Bonchev–Trinajstić information content (AvgIpc) is 2.40. The highest BCUT2D eigenvalue weighted by Crippen LogP contribution is 2.24. The Labute approximate surface area is 111 Å². The maximum Gasteiger partial charge on any atom is 0.304 e. The van der Waals surface area contributed by atoms with E-state index in [0.717, 1.165) is 4.90 Å². The minimum atomic E-state index is -0.747. The lowest BCUT2D eigenvalue weighted by Gasteiger charge is -2.03. The first-order valence-corrected chi connectivity index (χ1v) is 6.74. The van der Waals surface area contributed by atoms with Crippen LogP contribution in [0.5, 0.6) is 0 Å². The third-order valence-corrected chi connectivity index (χ3v) is 3.56. The number of benzene rings is 2. The second-order valence-electron chi connectivity index (χ2n) is 3.88. The molecule has 2 nitrogen and oxygen atoms in total. The molecular formula is C15H14O2S. The van der Waals surface area contributed by atoms with Crippen molar-refractivity contribution in [3.05, 3.63) is 54.6 Å². The summed E-state index contributed by atoms with van der Waals surface area (Å²) in [6.07, 6.45) is 0.200. The van der Waals surface area contributed by atoms with E-state index in [1.807, 2.05) is 30.3 Å². The number of aliphatic carboxylic acids is 1. The van der Waals surface area contributed by atoms with Crippen LogP contribution >= 0.6 is 11.8 Å². The van der Waals surface area contributed by atoms with E-state index in [9.17, 15) is 4.79 Å². The zero-order valence-corrected chi connectivity index (χ0v) is 10.7. The molecule has 92 valence electrons. The molecule has 0 aromatic heterocycles.